The lowest BCUT2D eigenvalue weighted by Crippen LogP contribution is -2.36. The Balaban J connectivity index is 1.91. The van der Waals surface area contributed by atoms with Crippen LogP contribution in [0.2, 0.25) is 0 Å². The standard InChI is InChI=1S/C23H14N4O4/c24-27-21(28)17-15-10-5-1-3-7-12(10)25-9-14(23(30)31)26-13-8-4-2-6-11(13)16(18(17)22(27)29)20(26)19(15)25/h1-8,14H,9,24H2,(H,30,31)/t14-/m0/s1. The van der Waals surface area contributed by atoms with E-state index in [1.807, 2.05) is 53.1 Å². The van der Waals surface area contributed by atoms with Crippen molar-refractivity contribution in [3.63, 3.8) is 0 Å². The van der Waals surface area contributed by atoms with Gasteiger partial charge in [-0.3, -0.25) is 9.59 Å². The summed E-state index contributed by atoms with van der Waals surface area (Å²) >= 11 is 0. The molecule has 1 atom stereocenters. The summed E-state index contributed by atoms with van der Waals surface area (Å²) in [6.45, 7) is 0.216. The van der Waals surface area contributed by atoms with Crippen LogP contribution in [0.1, 0.15) is 26.8 Å². The largest absolute Gasteiger partial charge is 0.480 e. The highest BCUT2D eigenvalue weighted by Crippen LogP contribution is 2.48. The minimum Gasteiger partial charge on any atom is -0.480 e. The van der Waals surface area contributed by atoms with E-state index in [1.54, 1.807) is 4.57 Å². The molecule has 2 aromatic heterocycles. The highest BCUT2D eigenvalue weighted by atomic mass is 16.4. The van der Waals surface area contributed by atoms with Crippen LogP contribution in [-0.2, 0) is 11.3 Å². The summed E-state index contributed by atoms with van der Waals surface area (Å²) in [5.74, 6) is 3.81. The van der Waals surface area contributed by atoms with Gasteiger partial charge in [0.15, 0.2) is 0 Å². The number of para-hydroxylation sites is 2. The Bertz CT molecular complexity index is 1710. The van der Waals surface area contributed by atoms with Gasteiger partial charge in [0.1, 0.15) is 6.04 Å². The van der Waals surface area contributed by atoms with Crippen molar-refractivity contribution >= 4 is 61.4 Å². The predicted molar refractivity (Wildman–Crippen MR) is 114 cm³/mol. The molecule has 0 saturated carbocycles. The molecule has 2 amide bonds. The first-order chi connectivity index (χ1) is 15.0. The molecule has 5 aromatic rings. The molecule has 0 radical (unpaired) electrons. The number of carbonyl (C=O) groups is 3. The summed E-state index contributed by atoms with van der Waals surface area (Å²) in [5.41, 5.74) is 3.50. The third-order valence-corrected chi connectivity index (χ3v) is 6.67. The number of carbonyl (C=O) groups excluding carboxylic acids is 2. The number of rotatable bonds is 1. The monoisotopic (exact) mass is 410 g/mol. The van der Waals surface area contributed by atoms with Crippen molar-refractivity contribution in [3.05, 3.63) is 59.7 Å². The van der Waals surface area contributed by atoms with Crippen LogP contribution < -0.4 is 5.84 Å². The molecule has 0 spiro atoms. The third-order valence-electron chi connectivity index (χ3n) is 6.67. The first-order valence-electron chi connectivity index (χ1n) is 9.86. The maximum absolute atomic E-state index is 13.1. The summed E-state index contributed by atoms with van der Waals surface area (Å²) in [7, 11) is 0. The van der Waals surface area contributed by atoms with Crippen LogP contribution in [0.25, 0.3) is 43.6 Å². The second-order valence-corrected chi connectivity index (χ2v) is 8.05. The van der Waals surface area contributed by atoms with Crippen LogP contribution in [-0.4, -0.2) is 37.0 Å². The Labute approximate surface area is 173 Å². The fraction of sp³-hybridized carbons (Fsp3) is 0.0870. The van der Waals surface area contributed by atoms with Crippen molar-refractivity contribution in [2.24, 2.45) is 5.84 Å². The average Bonchev–Trinajstić information content (AvgIpc) is 3.36. The van der Waals surface area contributed by atoms with Gasteiger partial charge in [0, 0.05) is 27.1 Å². The quantitative estimate of drug-likeness (QED) is 0.251. The van der Waals surface area contributed by atoms with E-state index in [2.05, 4.69) is 0 Å². The van der Waals surface area contributed by atoms with Crippen LogP contribution >= 0.6 is 0 Å². The van der Waals surface area contributed by atoms with Gasteiger partial charge in [0.2, 0.25) is 0 Å². The Hall–Kier alpha value is -4.17. The molecule has 0 bridgehead atoms. The lowest BCUT2D eigenvalue weighted by atomic mass is 9.96. The number of nitrogens with zero attached hydrogens (tertiary/aromatic N) is 3. The van der Waals surface area contributed by atoms with Gasteiger partial charge in [-0.15, -0.1) is 0 Å². The molecule has 7 rings (SSSR count). The minimum absolute atomic E-state index is 0.216. The van der Waals surface area contributed by atoms with Crippen LogP contribution in [0.4, 0.5) is 0 Å². The summed E-state index contributed by atoms with van der Waals surface area (Å²) < 4.78 is 3.76. The summed E-state index contributed by atoms with van der Waals surface area (Å²) in [4.78, 5) is 38.6. The molecule has 0 fully saturated rings. The number of hydrogen-bond acceptors (Lipinski definition) is 4. The molecular weight excluding hydrogens is 396 g/mol. The van der Waals surface area contributed by atoms with Crippen molar-refractivity contribution in [1.29, 1.82) is 0 Å². The Morgan fingerprint density at radius 2 is 1.42 bits per heavy atom. The molecular formula is C23H14N4O4. The van der Waals surface area contributed by atoms with Crippen LogP contribution in [0, 0.1) is 0 Å². The molecule has 2 aliphatic rings. The number of imide groups is 1. The SMILES string of the molecule is NN1C(=O)c2c(c3c4ccccc4n4c3c3c2c2ccccc2n3C[C@H]4C(=O)O)C1=O. The number of aromatic nitrogens is 2. The normalized spacial score (nSPS) is 17.7. The molecule has 0 saturated heterocycles. The molecule has 2 aliphatic heterocycles. The Morgan fingerprint density at radius 3 is 2.06 bits per heavy atom. The van der Waals surface area contributed by atoms with E-state index in [9.17, 15) is 19.5 Å². The number of hydrazine groups is 1. The van der Waals surface area contributed by atoms with Gasteiger partial charge in [-0.2, -0.15) is 0 Å². The van der Waals surface area contributed by atoms with Gasteiger partial charge in [0.05, 0.1) is 34.2 Å². The van der Waals surface area contributed by atoms with Crippen molar-refractivity contribution in [2.75, 3.05) is 0 Å². The molecule has 8 nitrogen and oxygen atoms in total. The van der Waals surface area contributed by atoms with Gasteiger partial charge in [-0.1, -0.05) is 36.4 Å². The number of nitrogens with two attached hydrogens (primary N) is 1. The Morgan fingerprint density at radius 1 is 0.871 bits per heavy atom. The van der Waals surface area contributed by atoms with Gasteiger partial charge >= 0.3 is 5.97 Å². The van der Waals surface area contributed by atoms with Crippen LogP contribution in [0.5, 0.6) is 0 Å². The highest BCUT2D eigenvalue weighted by Gasteiger charge is 2.43. The number of hydrogen-bond donors (Lipinski definition) is 2. The highest BCUT2D eigenvalue weighted by molar-refractivity contribution is 6.39. The van der Waals surface area contributed by atoms with E-state index in [4.69, 9.17) is 5.84 Å². The number of aliphatic carboxylic acids is 1. The Kier molecular flexibility index (Phi) is 2.74. The number of fused-ring (bicyclic) bond motifs is 9. The van der Waals surface area contributed by atoms with Gasteiger partial charge in [-0.25, -0.2) is 15.6 Å². The van der Waals surface area contributed by atoms with E-state index < -0.39 is 23.8 Å². The molecule has 0 unspecified atom stereocenters. The van der Waals surface area contributed by atoms with Crippen LogP contribution in [0.15, 0.2) is 48.5 Å². The molecule has 150 valence electrons. The maximum atomic E-state index is 13.1. The van der Waals surface area contributed by atoms with E-state index in [0.29, 0.717) is 32.4 Å². The number of amides is 2. The number of carboxylic acids is 1. The lowest BCUT2D eigenvalue weighted by Gasteiger charge is -2.24. The first-order valence-corrected chi connectivity index (χ1v) is 9.86. The second-order valence-electron chi connectivity index (χ2n) is 8.05. The zero-order chi connectivity index (χ0) is 21.2. The van der Waals surface area contributed by atoms with Crippen molar-refractivity contribution in [3.8, 4) is 0 Å². The van der Waals surface area contributed by atoms with Crippen molar-refractivity contribution < 1.29 is 19.5 Å². The lowest BCUT2D eigenvalue weighted by molar-refractivity contribution is -0.141. The van der Waals surface area contributed by atoms with Gasteiger partial charge in [-0.05, 0) is 12.1 Å². The minimum atomic E-state index is -0.956. The van der Waals surface area contributed by atoms with E-state index in [1.165, 1.54) is 0 Å². The molecule has 8 heteroatoms. The summed E-state index contributed by atoms with van der Waals surface area (Å²) in [5, 5.41) is 13.5. The average molecular weight is 410 g/mol. The molecule has 3 N–H and O–H groups in total. The van der Waals surface area contributed by atoms with E-state index >= 15 is 0 Å². The predicted octanol–water partition coefficient (Wildman–Crippen LogP) is 3.01. The zero-order valence-corrected chi connectivity index (χ0v) is 16.0. The van der Waals surface area contributed by atoms with Crippen molar-refractivity contribution in [2.45, 2.75) is 12.6 Å². The third kappa shape index (κ3) is 1.67. The first kappa shape index (κ1) is 16.6. The summed E-state index contributed by atoms with van der Waals surface area (Å²) in [6, 6.07) is 14.1. The van der Waals surface area contributed by atoms with Gasteiger partial charge in [0.25, 0.3) is 11.8 Å². The molecule has 3 aromatic carbocycles. The topological polar surface area (TPSA) is 111 Å². The van der Waals surface area contributed by atoms with Gasteiger partial charge < -0.3 is 14.2 Å². The molecule has 31 heavy (non-hydrogen) atoms. The number of benzene rings is 3. The summed E-state index contributed by atoms with van der Waals surface area (Å²) in [6.07, 6.45) is 0. The van der Waals surface area contributed by atoms with E-state index in [0.717, 1.165) is 21.8 Å². The smallest absolute Gasteiger partial charge is 0.328 e. The fourth-order valence-corrected chi connectivity index (χ4v) is 5.52. The molecule has 0 aliphatic carbocycles. The van der Waals surface area contributed by atoms with E-state index in [-0.39, 0.29) is 12.1 Å². The van der Waals surface area contributed by atoms with Crippen molar-refractivity contribution in [1.82, 2.24) is 14.1 Å². The number of carboxylic acid groups (broad SMARTS) is 1. The second kappa shape index (κ2) is 5.11. The zero-order valence-electron chi connectivity index (χ0n) is 16.0. The molecule has 4 heterocycles. The van der Waals surface area contributed by atoms with Crippen LogP contribution in [0.3, 0.4) is 0 Å². The maximum Gasteiger partial charge on any atom is 0.328 e. The fourth-order valence-electron chi connectivity index (χ4n) is 5.52.